The number of benzene rings is 3. The first kappa shape index (κ1) is 23.8. The molecule has 7 nitrogen and oxygen atoms in total. The zero-order valence-electron chi connectivity index (χ0n) is 21.2. The first-order chi connectivity index (χ1) is 18.4. The Labute approximate surface area is 223 Å². The maximum atomic E-state index is 13.3. The van der Waals surface area contributed by atoms with Gasteiger partial charge in [0, 0.05) is 10.9 Å². The number of carbonyl (C=O) groups is 1. The molecule has 3 aromatic heterocycles. The summed E-state index contributed by atoms with van der Waals surface area (Å²) < 4.78 is 6.92. The van der Waals surface area contributed by atoms with E-state index in [1.54, 1.807) is 10.9 Å². The van der Waals surface area contributed by atoms with Gasteiger partial charge in [0.05, 0.1) is 11.4 Å². The van der Waals surface area contributed by atoms with Crippen LogP contribution in [0.5, 0.6) is 0 Å². The van der Waals surface area contributed by atoms with Gasteiger partial charge in [0.15, 0.2) is 6.04 Å². The lowest BCUT2D eigenvalue weighted by molar-refractivity contribution is -0.779. The van der Waals surface area contributed by atoms with Crippen molar-refractivity contribution in [1.82, 2.24) is 10.3 Å². The molecule has 1 amide bonds. The Morgan fingerprint density at radius 1 is 1.03 bits per heavy atom. The van der Waals surface area contributed by atoms with Crippen LogP contribution in [0.2, 0.25) is 0 Å². The third-order valence-electron chi connectivity index (χ3n) is 6.58. The van der Waals surface area contributed by atoms with Gasteiger partial charge in [-0.2, -0.15) is 0 Å². The first-order valence-corrected chi connectivity index (χ1v) is 13.2. The number of hydrogen-bond acceptors (Lipinski definition) is 6. The monoisotopic (exact) mass is 520 g/mol. The number of carbonyl (C=O) groups excluding carboxylic acids is 1. The molecule has 188 valence electrons. The number of aryl methyl sites for hydroxylation is 1. The van der Waals surface area contributed by atoms with Crippen LogP contribution in [0, 0.1) is 6.92 Å². The van der Waals surface area contributed by atoms with Crippen LogP contribution >= 0.6 is 11.3 Å². The minimum atomic E-state index is -0.362. The van der Waals surface area contributed by atoms with Crippen molar-refractivity contribution in [2.75, 3.05) is 11.1 Å². The lowest BCUT2D eigenvalue weighted by Crippen LogP contribution is -2.36. The highest BCUT2D eigenvalue weighted by Crippen LogP contribution is 2.42. The molecule has 0 aliphatic carbocycles. The van der Waals surface area contributed by atoms with Crippen molar-refractivity contribution in [3.63, 3.8) is 0 Å². The number of hydrogen-bond donors (Lipinski definition) is 2. The maximum absolute atomic E-state index is 13.3. The van der Waals surface area contributed by atoms with E-state index in [4.69, 9.17) is 15.2 Å². The molecule has 38 heavy (non-hydrogen) atoms. The van der Waals surface area contributed by atoms with E-state index >= 15 is 0 Å². The number of fused-ring (bicyclic) bond motifs is 2. The molecule has 6 rings (SSSR count). The summed E-state index contributed by atoms with van der Waals surface area (Å²) in [4.78, 5) is 19.4. The van der Waals surface area contributed by atoms with E-state index < -0.39 is 0 Å². The fourth-order valence-corrected chi connectivity index (χ4v) is 5.58. The average molecular weight is 521 g/mol. The zero-order chi connectivity index (χ0) is 26.4. The Balaban J connectivity index is 1.52. The smallest absolute Gasteiger partial charge is 0.302 e. The third-order valence-corrected chi connectivity index (χ3v) is 7.68. The van der Waals surface area contributed by atoms with Gasteiger partial charge in [-0.1, -0.05) is 72.3 Å². The fraction of sp³-hybridized carbons (Fsp3) is 0.133. The van der Waals surface area contributed by atoms with E-state index in [9.17, 15) is 4.79 Å². The molecule has 8 heteroatoms. The number of amides is 1. The Morgan fingerprint density at radius 3 is 2.55 bits per heavy atom. The molecule has 0 unspecified atom stereocenters. The van der Waals surface area contributed by atoms with Crippen LogP contribution in [-0.4, -0.2) is 16.2 Å². The normalized spacial score (nSPS) is 11.5. The van der Waals surface area contributed by atoms with Crippen LogP contribution < -0.4 is 15.7 Å². The number of nitrogens with two attached hydrogens (primary N) is 1. The summed E-state index contributed by atoms with van der Waals surface area (Å²) in [6, 6.07) is 24.9. The molecule has 0 fully saturated rings. The van der Waals surface area contributed by atoms with Crippen molar-refractivity contribution in [1.29, 1.82) is 0 Å². The number of nitrogens with one attached hydrogen (secondary N) is 1. The molecule has 0 saturated heterocycles. The molecule has 0 radical (unpaired) electrons. The van der Waals surface area contributed by atoms with Crippen LogP contribution in [0.1, 0.15) is 35.1 Å². The van der Waals surface area contributed by atoms with Gasteiger partial charge in [-0.05, 0) is 53.4 Å². The largest absolute Gasteiger partial charge is 0.397 e. The van der Waals surface area contributed by atoms with E-state index in [1.807, 2.05) is 32.0 Å². The fourth-order valence-electron chi connectivity index (χ4n) is 4.56. The number of anilines is 2. The minimum Gasteiger partial charge on any atom is -0.397 e. The Bertz CT molecular complexity index is 1810. The first-order valence-electron chi connectivity index (χ1n) is 12.4. The topological polar surface area (TPSA) is 97.9 Å². The molecule has 0 saturated carbocycles. The highest BCUT2D eigenvalue weighted by atomic mass is 32.1. The Hall–Kier alpha value is -4.56. The standard InChI is InChI=1S/C30H25N5O2S/c1-17(2)35-16-25(37-34-35)33-29(36)28-27(31)26-23(20-13-11-18(3)12-14-20)15-24(32-30(26)38-28)22-10-6-8-19-7-4-5-9-21(19)22/h4-17H,1-3H3,(H2-,31,33,34,36)/p+1. The Morgan fingerprint density at radius 2 is 1.79 bits per heavy atom. The highest BCUT2D eigenvalue weighted by Gasteiger charge is 2.24. The summed E-state index contributed by atoms with van der Waals surface area (Å²) in [5.41, 5.74) is 12.0. The quantitative estimate of drug-likeness (QED) is 0.244. The van der Waals surface area contributed by atoms with Crippen molar-refractivity contribution < 1.29 is 14.0 Å². The molecular weight excluding hydrogens is 494 g/mol. The van der Waals surface area contributed by atoms with Gasteiger partial charge < -0.3 is 5.73 Å². The van der Waals surface area contributed by atoms with Crippen LogP contribution in [0.4, 0.5) is 11.6 Å². The number of rotatable bonds is 5. The predicted molar refractivity (Wildman–Crippen MR) is 152 cm³/mol. The van der Waals surface area contributed by atoms with Crippen molar-refractivity contribution in [3.8, 4) is 22.4 Å². The summed E-state index contributed by atoms with van der Waals surface area (Å²) in [5.74, 6) is -0.108. The molecule has 0 aliphatic rings. The van der Waals surface area contributed by atoms with E-state index in [-0.39, 0.29) is 17.8 Å². The van der Waals surface area contributed by atoms with Gasteiger partial charge in [-0.15, -0.1) is 11.3 Å². The Kier molecular flexibility index (Phi) is 5.88. The molecule has 3 N–H and O–H groups in total. The molecule has 0 bridgehead atoms. The summed E-state index contributed by atoms with van der Waals surface area (Å²) in [6.45, 7) is 6.01. The van der Waals surface area contributed by atoms with Crippen LogP contribution in [-0.2, 0) is 0 Å². The lowest BCUT2D eigenvalue weighted by Gasteiger charge is -2.11. The van der Waals surface area contributed by atoms with Crippen molar-refractivity contribution in [2.45, 2.75) is 26.8 Å². The van der Waals surface area contributed by atoms with Crippen molar-refractivity contribution in [2.24, 2.45) is 0 Å². The summed E-state index contributed by atoms with van der Waals surface area (Å²) in [6.07, 6.45) is 1.65. The van der Waals surface area contributed by atoms with Crippen molar-refractivity contribution >= 4 is 49.8 Å². The molecule has 0 aliphatic heterocycles. The number of nitrogen functional groups attached to an aromatic ring is 1. The van der Waals surface area contributed by atoms with Gasteiger partial charge in [0.2, 0.25) is 5.27 Å². The molecular formula is C30H26N5O2S+. The van der Waals surface area contributed by atoms with Crippen molar-refractivity contribution in [3.05, 3.63) is 89.4 Å². The van der Waals surface area contributed by atoms with Gasteiger partial charge in [0.1, 0.15) is 9.71 Å². The summed E-state index contributed by atoms with van der Waals surface area (Å²) in [5, 5.41) is 9.75. The number of pyridine rings is 1. The molecule has 6 aromatic rings. The van der Waals surface area contributed by atoms with E-state index in [2.05, 4.69) is 72.1 Å². The van der Waals surface area contributed by atoms with Gasteiger partial charge in [0.25, 0.3) is 12.1 Å². The maximum Gasteiger partial charge on any atom is 0.302 e. The minimum absolute atomic E-state index is 0.104. The number of aromatic nitrogens is 3. The summed E-state index contributed by atoms with van der Waals surface area (Å²) in [7, 11) is 0. The zero-order valence-corrected chi connectivity index (χ0v) is 22.0. The van der Waals surface area contributed by atoms with Crippen LogP contribution in [0.25, 0.3) is 43.4 Å². The average Bonchev–Trinajstić information content (AvgIpc) is 3.53. The van der Waals surface area contributed by atoms with Crippen LogP contribution in [0.3, 0.4) is 0 Å². The van der Waals surface area contributed by atoms with Gasteiger partial charge in [-0.25, -0.2) is 4.98 Å². The second-order valence-electron chi connectivity index (χ2n) is 9.57. The SMILES string of the molecule is Cc1ccc(-c2cc(-c3cccc4ccccc34)nc3sc(C(=O)Nc4c[n+](C(C)C)no4)c(N)c23)cc1. The second-order valence-corrected chi connectivity index (χ2v) is 10.6. The molecule has 3 aromatic carbocycles. The van der Waals surface area contributed by atoms with E-state index in [0.29, 0.717) is 15.4 Å². The van der Waals surface area contributed by atoms with Gasteiger partial charge in [-0.3, -0.25) is 14.6 Å². The molecule has 0 atom stereocenters. The predicted octanol–water partition coefficient (Wildman–Crippen LogP) is 6.78. The third kappa shape index (κ3) is 4.18. The second kappa shape index (κ2) is 9.39. The molecule has 0 spiro atoms. The van der Waals surface area contributed by atoms with E-state index in [0.717, 1.165) is 44.1 Å². The van der Waals surface area contributed by atoms with E-state index in [1.165, 1.54) is 11.3 Å². The lowest BCUT2D eigenvalue weighted by atomic mass is 9.96. The number of nitrogens with zero attached hydrogens (tertiary/aromatic N) is 3. The number of thiophene rings is 1. The summed E-state index contributed by atoms with van der Waals surface area (Å²) >= 11 is 1.27. The highest BCUT2D eigenvalue weighted by molar-refractivity contribution is 7.21. The van der Waals surface area contributed by atoms with Gasteiger partial charge >= 0.3 is 5.88 Å². The molecule has 3 heterocycles. The van der Waals surface area contributed by atoms with Crippen LogP contribution in [0.15, 0.2) is 83.5 Å².